The number of sulfonamides is 1. The SMILES string of the molecule is Cc1ccc(S(=O)(=O)N2c3ccc(C(=O)N[C@H](C)c4cc(C)c(C)cc4C)cc3C[C@H]2C)cc1. The first-order valence-corrected chi connectivity index (χ1v) is 13.1. The van der Waals surface area contributed by atoms with Crippen LogP contribution in [-0.4, -0.2) is 20.4 Å². The fourth-order valence-corrected chi connectivity index (χ4v) is 6.43. The van der Waals surface area contributed by atoms with E-state index in [1.807, 2.05) is 26.8 Å². The first-order valence-electron chi connectivity index (χ1n) is 11.6. The molecule has 5 nitrogen and oxygen atoms in total. The molecule has 0 unspecified atom stereocenters. The molecule has 3 aromatic carbocycles. The van der Waals surface area contributed by atoms with Crippen LogP contribution < -0.4 is 9.62 Å². The number of carbonyl (C=O) groups is 1. The Bertz CT molecular complexity index is 1360. The molecule has 3 aromatic rings. The molecular weight excluding hydrogens is 444 g/mol. The number of aryl methyl sites for hydroxylation is 4. The number of hydrogen-bond acceptors (Lipinski definition) is 3. The van der Waals surface area contributed by atoms with E-state index in [1.54, 1.807) is 36.4 Å². The molecule has 2 atom stereocenters. The molecule has 1 heterocycles. The van der Waals surface area contributed by atoms with Crippen molar-refractivity contribution in [1.29, 1.82) is 0 Å². The number of nitrogens with zero attached hydrogens (tertiary/aromatic N) is 1. The molecule has 0 aliphatic carbocycles. The minimum atomic E-state index is -3.69. The van der Waals surface area contributed by atoms with Gasteiger partial charge in [0.15, 0.2) is 0 Å². The lowest BCUT2D eigenvalue weighted by Gasteiger charge is -2.24. The Morgan fingerprint density at radius 3 is 2.26 bits per heavy atom. The number of rotatable bonds is 5. The molecule has 0 fully saturated rings. The smallest absolute Gasteiger partial charge is 0.264 e. The van der Waals surface area contributed by atoms with E-state index in [9.17, 15) is 13.2 Å². The molecule has 1 N–H and O–H groups in total. The molecular formula is C28H32N2O3S. The Morgan fingerprint density at radius 1 is 0.941 bits per heavy atom. The molecule has 0 bridgehead atoms. The molecule has 1 aliphatic heterocycles. The maximum absolute atomic E-state index is 13.4. The van der Waals surface area contributed by atoms with Crippen molar-refractivity contribution in [3.63, 3.8) is 0 Å². The van der Waals surface area contributed by atoms with Gasteiger partial charge in [-0.15, -0.1) is 0 Å². The summed E-state index contributed by atoms with van der Waals surface area (Å²) in [7, 11) is -3.69. The minimum Gasteiger partial charge on any atom is -0.346 e. The Hall–Kier alpha value is -3.12. The van der Waals surface area contributed by atoms with Crippen molar-refractivity contribution < 1.29 is 13.2 Å². The Morgan fingerprint density at radius 2 is 1.59 bits per heavy atom. The van der Waals surface area contributed by atoms with Gasteiger partial charge in [-0.05, 0) is 106 Å². The number of benzene rings is 3. The third-order valence-corrected chi connectivity index (χ3v) is 8.71. The van der Waals surface area contributed by atoms with E-state index in [0.29, 0.717) is 17.7 Å². The zero-order chi connectivity index (χ0) is 24.8. The van der Waals surface area contributed by atoms with Crippen molar-refractivity contribution in [1.82, 2.24) is 5.32 Å². The van der Waals surface area contributed by atoms with Crippen LogP contribution in [0.1, 0.15) is 63.6 Å². The second kappa shape index (κ2) is 8.91. The van der Waals surface area contributed by atoms with Gasteiger partial charge >= 0.3 is 0 Å². The topological polar surface area (TPSA) is 66.5 Å². The summed E-state index contributed by atoms with van der Waals surface area (Å²) in [5.74, 6) is -0.166. The van der Waals surface area contributed by atoms with Gasteiger partial charge in [-0.2, -0.15) is 0 Å². The first-order chi connectivity index (χ1) is 16.0. The number of nitrogens with one attached hydrogen (secondary N) is 1. The predicted octanol–water partition coefficient (Wildman–Crippen LogP) is 5.55. The lowest BCUT2D eigenvalue weighted by molar-refractivity contribution is 0.0939. The van der Waals surface area contributed by atoms with Crippen LogP contribution in [-0.2, 0) is 16.4 Å². The molecule has 178 valence electrons. The molecule has 6 heteroatoms. The van der Waals surface area contributed by atoms with Crippen LogP contribution >= 0.6 is 0 Å². The van der Waals surface area contributed by atoms with Gasteiger partial charge < -0.3 is 5.32 Å². The van der Waals surface area contributed by atoms with Crippen molar-refractivity contribution in [2.24, 2.45) is 0 Å². The van der Waals surface area contributed by atoms with Crippen LogP contribution in [0.3, 0.4) is 0 Å². The van der Waals surface area contributed by atoms with Crippen LogP contribution in [0.25, 0.3) is 0 Å². The number of fused-ring (bicyclic) bond motifs is 1. The average molecular weight is 477 g/mol. The standard InChI is InChI=1S/C28H32N2O3S/c1-17-7-10-25(11-8-17)34(32,33)30-21(5)15-24-16-23(9-12-27(24)30)28(31)29-22(6)26-14-19(3)18(2)13-20(26)4/h7-14,16,21-22H,15H2,1-6H3,(H,29,31)/t21-,22-/m1/s1. The van der Waals surface area contributed by atoms with Gasteiger partial charge in [0.25, 0.3) is 15.9 Å². The minimum absolute atomic E-state index is 0.141. The van der Waals surface area contributed by atoms with Crippen LogP contribution in [0.2, 0.25) is 0 Å². The van der Waals surface area contributed by atoms with Gasteiger partial charge in [0.05, 0.1) is 16.6 Å². The van der Waals surface area contributed by atoms with E-state index < -0.39 is 10.0 Å². The summed E-state index contributed by atoms with van der Waals surface area (Å²) in [5.41, 5.74) is 7.73. The largest absolute Gasteiger partial charge is 0.346 e. The van der Waals surface area contributed by atoms with Crippen LogP contribution in [0.5, 0.6) is 0 Å². The van der Waals surface area contributed by atoms with Crippen molar-refractivity contribution in [3.05, 3.63) is 93.5 Å². The predicted molar refractivity (Wildman–Crippen MR) is 137 cm³/mol. The highest BCUT2D eigenvalue weighted by molar-refractivity contribution is 7.92. The number of hydrogen-bond donors (Lipinski definition) is 1. The Balaban J connectivity index is 1.58. The molecule has 0 saturated heterocycles. The molecule has 0 aromatic heterocycles. The van der Waals surface area contributed by atoms with Crippen molar-refractivity contribution >= 4 is 21.6 Å². The van der Waals surface area contributed by atoms with E-state index in [4.69, 9.17) is 0 Å². The van der Waals surface area contributed by atoms with Gasteiger partial charge in [-0.25, -0.2) is 8.42 Å². The molecule has 1 amide bonds. The highest BCUT2D eigenvalue weighted by Crippen LogP contribution is 2.37. The first kappa shape index (κ1) is 24.0. The van der Waals surface area contributed by atoms with Crippen molar-refractivity contribution in [2.45, 2.75) is 64.9 Å². The van der Waals surface area contributed by atoms with Gasteiger partial charge in [0.1, 0.15) is 0 Å². The summed E-state index contributed by atoms with van der Waals surface area (Å²) in [6.45, 7) is 12.0. The fraction of sp³-hybridized carbons (Fsp3) is 0.321. The van der Waals surface area contributed by atoms with Gasteiger partial charge in [0, 0.05) is 11.6 Å². The lowest BCUT2D eigenvalue weighted by atomic mass is 9.96. The second-order valence-corrected chi connectivity index (χ2v) is 11.3. The molecule has 4 rings (SSSR count). The van der Waals surface area contributed by atoms with E-state index in [0.717, 1.165) is 22.3 Å². The summed E-state index contributed by atoms with van der Waals surface area (Å²) in [6.07, 6.45) is 0.563. The van der Waals surface area contributed by atoms with Gasteiger partial charge in [-0.1, -0.05) is 29.8 Å². The van der Waals surface area contributed by atoms with Crippen molar-refractivity contribution in [3.8, 4) is 0 Å². The highest BCUT2D eigenvalue weighted by atomic mass is 32.2. The van der Waals surface area contributed by atoms with Crippen LogP contribution in [0, 0.1) is 27.7 Å². The molecule has 0 saturated carbocycles. The number of amides is 1. The molecule has 0 radical (unpaired) electrons. The molecule has 0 spiro atoms. The third-order valence-electron chi connectivity index (χ3n) is 6.77. The lowest BCUT2D eigenvalue weighted by Crippen LogP contribution is -2.35. The van der Waals surface area contributed by atoms with E-state index in [2.05, 4.69) is 38.2 Å². The zero-order valence-corrected chi connectivity index (χ0v) is 21.5. The molecule has 34 heavy (non-hydrogen) atoms. The average Bonchev–Trinajstić information content (AvgIpc) is 3.12. The van der Waals surface area contributed by atoms with E-state index in [1.165, 1.54) is 15.4 Å². The van der Waals surface area contributed by atoms with Crippen molar-refractivity contribution in [2.75, 3.05) is 4.31 Å². The van der Waals surface area contributed by atoms with Crippen LogP contribution in [0.15, 0.2) is 59.5 Å². The number of anilines is 1. The second-order valence-electron chi connectivity index (χ2n) is 9.50. The Labute approximate surface area is 202 Å². The summed E-state index contributed by atoms with van der Waals surface area (Å²) in [5, 5.41) is 3.10. The van der Waals surface area contributed by atoms with Crippen LogP contribution in [0.4, 0.5) is 5.69 Å². The fourth-order valence-electron chi connectivity index (χ4n) is 4.74. The molecule has 1 aliphatic rings. The third kappa shape index (κ3) is 4.34. The zero-order valence-electron chi connectivity index (χ0n) is 20.6. The van der Waals surface area contributed by atoms with Gasteiger partial charge in [-0.3, -0.25) is 9.10 Å². The summed E-state index contributed by atoms with van der Waals surface area (Å²) < 4.78 is 28.2. The quantitative estimate of drug-likeness (QED) is 0.525. The van der Waals surface area contributed by atoms with E-state index in [-0.39, 0.29) is 22.9 Å². The maximum atomic E-state index is 13.4. The summed E-state index contributed by atoms with van der Waals surface area (Å²) in [4.78, 5) is 13.3. The van der Waals surface area contributed by atoms with E-state index >= 15 is 0 Å². The summed E-state index contributed by atoms with van der Waals surface area (Å²) >= 11 is 0. The summed E-state index contributed by atoms with van der Waals surface area (Å²) in [6, 6.07) is 16.1. The maximum Gasteiger partial charge on any atom is 0.264 e. The highest BCUT2D eigenvalue weighted by Gasteiger charge is 2.36. The Kier molecular flexibility index (Phi) is 6.30. The van der Waals surface area contributed by atoms with Gasteiger partial charge in [0.2, 0.25) is 0 Å². The number of carbonyl (C=O) groups excluding carboxylic acids is 1. The monoisotopic (exact) mass is 476 g/mol. The normalized spacial score (nSPS) is 16.3.